The summed E-state index contributed by atoms with van der Waals surface area (Å²) < 4.78 is 6.99. The minimum absolute atomic E-state index is 0.144. The smallest absolute Gasteiger partial charge is 0.338 e. The number of anilines is 1. The molecule has 2 rings (SSSR count). The molecule has 0 atom stereocenters. The van der Waals surface area contributed by atoms with E-state index in [2.05, 4.69) is 15.5 Å². The van der Waals surface area contributed by atoms with Crippen LogP contribution in [0.15, 0.2) is 29.4 Å². The summed E-state index contributed by atoms with van der Waals surface area (Å²) in [6, 6.07) is 6.50. The van der Waals surface area contributed by atoms with Crippen LogP contribution in [0.1, 0.15) is 43.4 Å². The average Bonchev–Trinajstić information content (AvgIpc) is 3.06. The van der Waals surface area contributed by atoms with Gasteiger partial charge in [-0.3, -0.25) is 9.59 Å². The molecule has 0 aliphatic carbocycles. The van der Waals surface area contributed by atoms with Crippen LogP contribution in [-0.4, -0.2) is 44.4 Å². The number of amides is 2. The molecule has 0 aliphatic rings. The summed E-state index contributed by atoms with van der Waals surface area (Å²) in [6.07, 6.45) is 0.416. The van der Waals surface area contributed by atoms with E-state index in [0.717, 1.165) is 0 Å². The number of aromatic nitrogens is 3. The Bertz CT molecular complexity index is 864. The van der Waals surface area contributed by atoms with Crippen LogP contribution in [0.2, 0.25) is 0 Å². The molecule has 1 aromatic heterocycles. The molecule has 0 radical (unpaired) electrons. The van der Waals surface area contributed by atoms with Gasteiger partial charge in [0.2, 0.25) is 11.8 Å². The van der Waals surface area contributed by atoms with E-state index in [1.54, 1.807) is 38.1 Å². The fraction of sp³-hybridized carbons (Fsp3) is 0.421. The molecule has 0 saturated heterocycles. The molecular formula is C19H25N5O4S. The zero-order valence-corrected chi connectivity index (χ0v) is 17.5. The Kier molecular flexibility index (Phi) is 8.20. The number of nitrogens with two attached hydrogens (primary N) is 1. The number of nitrogens with zero attached hydrogens (tertiary/aromatic N) is 3. The third-order valence-corrected chi connectivity index (χ3v) is 4.75. The molecule has 0 unspecified atom stereocenters. The summed E-state index contributed by atoms with van der Waals surface area (Å²) >= 11 is 1.26. The SMILES string of the molecule is CCn1c(CCC(N)=O)nnc1SCC(=O)Nc1ccc(C(=O)OC(C)C)cc1. The molecule has 10 heteroatoms. The van der Waals surface area contributed by atoms with Crippen molar-refractivity contribution in [3.05, 3.63) is 35.7 Å². The fourth-order valence-electron chi connectivity index (χ4n) is 2.46. The predicted octanol–water partition coefficient (Wildman–Crippen LogP) is 2.01. The molecule has 1 heterocycles. The number of carbonyl (C=O) groups excluding carboxylic acids is 3. The quantitative estimate of drug-likeness (QED) is 0.445. The van der Waals surface area contributed by atoms with Crippen LogP contribution in [0, 0.1) is 0 Å². The van der Waals surface area contributed by atoms with Crippen LogP contribution in [0.25, 0.3) is 0 Å². The van der Waals surface area contributed by atoms with Crippen molar-refractivity contribution in [3.63, 3.8) is 0 Å². The van der Waals surface area contributed by atoms with Crippen molar-refractivity contribution in [2.75, 3.05) is 11.1 Å². The number of primary amides is 1. The number of hydrogen-bond acceptors (Lipinski definition) is 7. The Morgan fingerprint density at radius 1 is 1.21 bits per heavy atom. The van der Waals surface area contributed by atoms with E-state index >= 15 is 0 Å². The molecule has 0 aliphatic heterocycles. The van der Waals surface area contributed by atoms with Crippen LogP contribution in [0.5, 0.6) is 0 Å². The first-order chi connectivity index (χ1) is 13.8. The number of rotatable bonds is 10. The molecule has 0 fully saturated rings. The zero-order chi connectivity index (χ0) is 21.4. The van der Waals surface area contributed by atoms with Crippen molar-refractivity contribution < 1.29 is 19.1 Å². The molecule has 9 nitrogen and oxygen atoms in total. The molecule has 0 saturated carbocycles. The Morgan fingerprint density at radius 2 is 1.90 bits per heavy atom. The second-order valence-corrected chi connectivity index (χ2v) is 7.42. The summed E-state index contributed by atoms with van der Waals surface area (Å²) in [5, 5.41) is 11.5. The summed E-state index contributed by atoms with van der Waals surface area (Å²) in [5.74, 6) is -0.201. The second-order valence-electron chi connectivity index (χ2n) is 6.48. The number of nitrogens with one attached hydrogen (secondary N) is 1. The first-order valence-electron chi connectivity index (χ1n) is 9.24. The Balaban J connectivity index is 1.90. The van der Waals surface area contributed by atoms with Gasteiger partial charge in [0.15, 0.2) is 5.16 Å². The van der Waals surface area contributed by atoms with E-state index in [4.69, 9.17) is 10.5 Å². The number of benzene rings is 1. The van der Waals surface area contributed by atoms with Crippen molar-refractivity contribution in [1.29, 1.82) is 0 Å². The lowest BCUT2D eigenvalue weighted by atomic mass is 10.2. The van der Waals surface area contributed by atoms with Crippen molar-refractivity contribution in [1.82, 2.24) is 14.8 Å². The lowest BCUT2D eigenvalue weighted by Gasteiger charge is -2.09. The highest BCUT2D eigenvalue weighted by molar-refractivity contribution is 7.99. The van der Waals surface area contributed by atoms with Crippen molar-refractivity contribution in [2.24, 2.45) is 5.73 Å². The van der Waals surface area contributed by atoms with Gasteiger partial charge < -0.3 is 20.4 Å². The maximum atomic E-state index is 12.2. The van der Waals surface area contributed by atoms with Crippen LogP contribution >= 0.6 is 11.8 Å². The number of esters is 1. The lowest BCUT2D eigenvalue weighted by Crippen LogP contribution is -2.16. The lowest BCUT2D eigenvalue weighted by molar-refractivity contribution is -0.118. The fourth-order valence-corrected chi connectivity index (χ4v) is 3.28. The molecule has 1 aromatic carbocycles. The largest absolute Gasteiger partial charge is 0.459 e. The number of carbonyl (C=O) groups is 3. The van der Waals surface area contributed by atoms with Crippen molar-refractivity contribution in [2.45, 2.75) is 51.4 Å². The zero-order valence-electron chi connectivity index (χ0n) is 16.7. The summed E-state index contributed by atoms with van der Waals surface area (Å²) in [6.45, 7) is 6.13. The molecule has 156 valence electrons. The van der Waals surface area contributed by atoms with E-state index in [1.165, 1.54) is 11.8 Å². The third-order valence-electron chi connectivity index (χ3n) is 3.78. The van der Waals surface area contributed by atoms with Gasteiger partial charge in [-0.2, -0.15) is 0 Å². The summed E-state index contributed by atoms with van der Waals surface area (Å²) in [7, 11) is 0. The Labute approximate surface area is 173 Å². The molecule has 0 bridgehead atoms. The standard InChI is InChI=1S/C19H25N5O4S/c1-4-24-16(10-9-15(20)25)22-23-19(24)29-11-17(26)21-14-7-5-13(6-8-14)18(27)28-12(2)3/h5-8,12H,4,9-11H2,1-3H3,(H2,20,25)(H,21,26). The first kappa shape index (κ1) is 22.4. The van der Waals surface area contributed by atoms with Crippen LogP contribution in [0.4, 0.5) is 5.69 Å². The number of ether oxygens (including phenoxy) is 1. The molecule has 2 amide bonds. The van der Waals surface area contributed by atoms with Gasteiger partial charge in [-0.25, -0.2) is 4.79 Å². The van der Waals surface area contributed by atoms with Gasteiger partial charge in [-0.05, 0) is 45.0 Å². The molecule has 3 N–H and O–H groups in total. The topological polar surface area (TPSA) is 129 Å². The minimum Gasteiger partial charge on any atom is -0.459 e. The van der Waals surface area contributed by atoms with Crippen LogP contribution in [0.3, 0.4) is 0 Å². The van der Waals surface area contributed by atoms with Crippen molar-refractivity contribution in [3.8, 4) is 0 Å². The van der Waals surface area contributed by atoms with E-state index < -0.39 is 11.9 Å². The summed E-state index contributed by atoms with van der Waals surface area (Å²) in [4.78, 5) is 35.0. The highest BCUT2D eigenvalue weighted by Gasteiger charge is 2.14. The number of aryl methyl sites for hydroxylation is 1. The van der Waals surface area contributed by atoms with E-state index in [9.17, 15) is 14.4 Å². The Hall–Kier alpha value is -2.88. The van der Waals surface area contributed by atoms with Crippen LogP contribution < -0.4 is 11.1 Å². The van der Waals surface area contributed by atoms with Crippen LogP contribution in [-0.2, 0) is 27.3 Å². The monoisotopic (exact) mass is 419 g/mol. The molecular weight excluding hydrogens is 394 g/mol. The van der Waals surface area contributed by atoms with Gasteiger partial charge >= 0.3 is 5.97 Å². The van der Waals surface area contributed by atoms with Gasteiger partial charge in [0.25, 0.3) is 0 Å². The maximum absolute atomic E-state index is 12.2. The van der Waals surface area contributed by atoms with E-state index in [0.29, 0.717) is 35.2 Å². The normalized spacial score (nSPS) is 10.8. The third kappa shape index (κ3) is 6.90. The highest BCUT2D eigenvalue weighted by Crippen LogP contribution is 2.19. The van der Waals surface area contributed by atoms with E-state index in [-0.39, 0.29) is 24.2 Å². The molecule has 0 spiro atoms. The maximum Gasteiger partial charge on any atom is 0.338 e. The van der Waals surface area contributed by atoms with Gasteiger partial charge in [0.1, 0.15) is 5.82 Å². The van der Waals surface area contributed by atoms with E-state index in [1.807, 2.05) is 11.5 Å². The predicted molar refractivity (Wildman–Crippen MR) is 110 cm³/mol. The van der Waals surface area contributed by atoms with Gasteiger partial charge in [-0.1, -0.05) is 11.8 Å². The first-order valence-corrected chi connectivity index (χ1v) is 10.2. The van der Waals surface area contributed by atoms with Gasteiger partial charge in [0.05, 0.1) is 17.4 Å². The Morgan fingerprint density at radius 3 is 2.48 bits per heavy atom. The highest BCUT2D eigenvalue weighted by atomic mass is 32.2. The second kappa shape index (κ2) is 10.6. The van der Waals surface area contributed by atoms with Crippen molar-refractivity contribution >= 4 is 35.2 Å². The van der Waals surface area contributed by atoms with Gasteiger partial charge in [0, 0.05) is 25.1 Å². The minimum atomic E-state index is -0.403. The summed E-state index contributed by atoms with van der Waals surface area (Å²) in [5.41, 5.74) is 6.18. The molecule has 2 aromatic rings. The molecule has 29 heavy (non-hydrogen) atoms. The number of thioether (sulfide) groups is 1. The average molecular weight is 420 g/mol. The van der Waals surface area contributed by atoms with Gasteiger partial charge in [-0.15, -0.1) is 10.2 Å². The number of hydrogen-bond donors (Lipinski definition) is 2.